The minimum absolute atomic E-state index is 0.745. The van der Waals surface area contributed by atoms with Gasteiger partial charge in [0.2, 0.25) is 0 Å². The van der Waals surface area contributed by atoms with Crippen molar-refractivity contribution in [1.82, 2.24) is 0 Å². The first-order valence-electron chi connectivity index (χ1n) is 0.833. The Kier molecular flexibility index (Phi) is 0.904. The summed E-state index contributed by atoms with van der Waals surface area (Å²) in [4.78, 5) is 0. The van der Waals surface area contributed by atoms with Crippen molar-refractivity contribution >= 4 is 23.7 Å². The Bertz CT molecular complexity index is 51.9. The van der Waals surface area contributed by atoms with Crippen molar-refractivity contribution in [1.29, 1.82) is 0 Å². The summed E-state index contributed by atoms with van der Waals surface area (Å²) in [6.45, 7) is 0. The second-order valence-corrected chi connectivity index (χ2v) is 2.04. The Labute approximate surface area is 35.9 Å². The minimum Gasteiger partial charge on any atom is -0.195 e. The molecule has 0 aromatic rings. The molecule has 5 heavy (non-hydrogen) atoms. The molecule has 0 atom stereocenters. The maximum absolute atomic E-state index is 9.55. The fourth-order valence-electron chi connectivity index (χ4n) is 0.0505. The van der Waals surface area contributed by atoms with Crippen LogP contribution < -0.4 is 0 Å². The van der Waals surface area contributed by atoms with E-state index in [0.717, 1.165) is 12.3 Å². The summed E-state index contributed by atoms with van der Waals surface area (Å²) in [6, 6.07) is 0. The van der Waals surface area contributed by atoms with Crippen molar-refractivity contribution < 1.29 is 11.5 Å². The van der Waals surface area contributed by atoms with Gasteiger partial charge in [0.1, 0.15) is 0 Å². The Morgan fingerprint density at radius 2 is 2.00 bits per heavy atom. The van der Waals surface area contributed by atoms with Crippen LogP contribution in [0.3, 0.4) is 0 Å². The molecule has 0 aromatic carbocycles. The molecule has 1 saturated heterocycles. The van der Waals surface area contributed by atoms with Gasteiger partial charge in [0.05, 0.1) is 0 Å². The molecule has 0 aromatic heterocycles. The minimum atomic E-state index is -1.43. The molecule has 0 N–H and O–H groups in total. The van der Waals surface area contributed by atoms with E-state index in [9.17, 15) is 4.21 Å². The van der Waals surface area contributed by atoms with Crippen LogP contribution in [0, 0.1) is 0 Å². The maximum atomic E-state index is 9.55. The summed E-state index contributed by atoms with van der Waals surface area (Å²) >= 11 is -0.684. The zero-order valence-electron chi connectivity index (χ0n) is 2.04. The Morgan fingerprint density at radius 1 is 1.60 bits per heavy atom. The molecule has 1 rings (SSSR count). The van der Waals surface area contributed by atoms with Gasteiger partial charge in [-0.05, 0) is 0 Å². The van der Waals surface area contributed by atoms with Crippen molar-refractivity contribution in [2.24, 2.45) is 0 Å². The quantitative estimate of drug-likeness (QED) is 0.418. The highest BCUT2D eigenvalue weighted by atomic mass is 32.3. The molecule has 0 unspecified atom stereocenters. The van der Waals surface area contributed by atoms with E-state index in [1.54, 1.807) is 0 Å². The van der Waals surface area contributed by atoms with Crippen LogP contribution in [0.5, 0.6) is 0 Å². The molecule has 3 nitrogen and oxygen atoms in total. The van der Waals surface area contributed by atoms with E-state index in [1.807, 2.05) is 0 Å². The summed E-state index contributed by atoms with van der Waals surface area (Å²) in [5.74, 6) is 0. The van der Waals surface area contributed by atoms with Crippen LogP contribution >= 0.6 is 12.3 Å². The van der Waals surface area contributed by atoms with Gasteiger partial charge in [0.25, 0.3) is 0 Å². The van der Waals surface area contributed by atoms with Crippen molar-refractivity contribution in [3.63, 3.8) is 0 Å². The first kappa shape index (κ1) is 3.60. The van der Waals surface area contributed by atoms with Crippen LogP contribution in [0.25, 0.3) is 0 Å². The largest absolute Gasteiger partial charge is 0.332 e. The van der Waals surface area contributed by atoms with E-state index in [2.05, 4.69) is 7.26 Å². The van der Waals surface area contributed by atoms with Crippen LogP contribution in [0.2, 0.25) is 0 Å². The van der Waals surface area contributed by atoms with Crippen LogP contribution in [-0.4, -0.2) is 4.21 Å². The van der Waals surface area contributed by atoms with Gasteiger partial charge < -0.3 is 0 Å². The van der Waals surface area contributed by atoms with E-state index < -0.39 is 11.4 Å². The first-order valence-corrected chi connectivity index (χ1v) is 2.50. The van der Waals surface area contributed by atoms with Crippen LogP contribution in [0.15, 0.2) is 0 Å². The van der Waals surface area contributed by atoms with Gasteiger partial charge in [-0.15, -0.1) is 0 Å². The van der Waals surface area contributed by atoms with E-state index in [-0.39, 0.29) is 0 Å². The fourth-order valence-corrected chi connectivity index (χ4v) is 0.454. The number of rotatable bonds is 0. The summed E-state index contributed by atoms with van der Waals surface area (Å²) in [7, 11) is 0. The van der Waals surface area contributed by atoms with E-state index >= 15 is 0 Å². The smallest absolute Gasteiger partial charge is 0.195 e. The van der Waals surface area contributed by atoms with Gasteiger partial charge in [-0.1, -0.05) is 0 Å². The molecule has 1 aliphatic heterocycles. The predicted octanol–water partition coefficient (Wildman–Crippen LogP) is 0.175. The van der Waals surface area contributed by atoms with E-state index in [0.29, 0.717) is 0 Å². The van der Waals surface area contributed by atoms with Crippen molar-refractivity contribution in [2.45, 2.75) is 0 Å². The zero-order valence-corrected chi connectivity index (χ0v) is 3.67. The van der Waals surface area contributed by atoms with E-state index in [4.69, 9.17) is 0 Å². The van der Waals surface area contributed by atoms with Gasteiger partial charge in [0.15, 0.2) is 12.3 Å². The van der Waals surface area contributed by atoms with Crippen LogP contribution in [0.4, 0.5) is 0 Å². The highest BCUT2D eigenvalue weighted by Crippen LogP contribution is 2.21. The monoisotopic (exact) mass is 112 g/mol. The molecule has 1 fully saturated rings. The molecular formula is O3S2. The van der Waals surface area contributed by atoms with Gasteiger partial charge >= 0.3 is 11.4 Å². The maximum Gasteiger partial charge on any atom is 0.332 e. The van der Waals surface area contributed by atoms with Crippen molar-refractivity contribution in [3.05, 3.63) is 0 Å². The highest BCUT2D eigenvalue weighted by Gasteiger charge is 2.13. The second-order valence-electron chi connectivity index (χ2n) is 0.408. The third-order valence-electron chi connectivity index (χ3n) is 0.167. The summed E-state index contributed by atoms with van der Waals surface area (Å²) < 4.78 is 17.7. The predicted molar refractivity (Wildman–Crippen MR) is 17.9 cm³/mol. The Morgan fingerprint density at radius 3 is 2.00 bits per heavy atom. The van der Waals surface area contributed by atoms with Gasteiger partial charge in [-0.3, -0.25) is 0 Å². The summed E-state index contributed by atoms with van der Waals surface area (Å²) in [5, 5.41) is 0. The fraction of sp³-hybridized carbons (Fsp3) is 0. The lowest BCUT2D eigenvalue weighted by molar-refractivity contribution is 0.440. The lowest BCUT2D eigenvalue weighted by Gasteiger charge is -2.02. The molecule has 0 spiro atoms. The number of hydrogen-bond donors (Lipinski definition) is 0. The summed E-state index contributed by atoms with van der Waals surface area (Å²) in [6.07, 6.45) is 0. The topological polar surface area (TPSA) is 35.5 Å². The molecule has 0 saturated carbocycles. The molecule has 5 heteroatoms. The van der Waals surface area contributed by atoms with Gasteiger partial charge in [0, 0.05) is 0 Å². The molecule has 0 bridgehead atoms. The zero-order chi connectivity index (χ0) is 3.70. The molecule has 0 aliphatic carbocycles. The van der Waals surface area contributed by atoms with Gasteiger partial charge in [-0.25, -0.2) is 0 Å². The third kappa shape index (κ3) is 0.628. The molecule has 0 amide bonds. The van der Waals surface area contributed by atoms with Gasteiger partial charge in [-0.2, -0.15) is 11.5 Å². The van der Waals surface area contributed by atoms with Crippen LogP contribution in [-0.2, 0) is 18.6 Å². The summed E-state index contributed by atoms with van der Waals surface area (Å²) in [5.41, 5.74) is 0. The molecular weight excluding hydrogens is 112 g/mol. The average molecular weight is 112 g/mol. The first-order chi connectivity index (χ1) is 2.39. The van der Waals surface area contributed by atoms with Crippen LogP contribution in [0.1, 0.15) is 0 Å². The standard InChI is InChI=1S/O3S2/c1-5-2-4-3-5. The second kappa shape index (κ2) is 1.25. The number of hydrogen-bond acceptors (Lipinski definition) is 4. The molecule has 30 valence electrons. The Balaban J connectivity index is 2.32. The van der Waals surface area contributed by atoms with Crippen molar-refractivity contribution in [2.75, 3.05) is 0 Å². The lowest BCUT2D eigenvalue weighted by Crippen LogP contribution is -2.00. The molecule has 1 aliphatic rings. The SMILES string of the molecule is O=S1OSO1. The lowest BCUT2D eigenvalue weighted by atomic mass is 15.7. The van der Waals surface area contributed by atoms with Crippen molar-refractivity contribution in [3.8, 4) is 0 Å². The van der Waals surface area contributed by atoms with E-state index in [1.165, 1.54) is 0 Å². The average Bonchev–Trinajstić information content (AvgIpc) is 1.30. The Hall–Kier alpha value is 0.420. The third-order valence-corrected chi connectivity index (χ3v) is 1.50. The normalized spacial score (nSPS) is 25.6. The highest BCUT2D eigenvalue weighted by molar-refractivity contribution is 8.09. The molecule has 1 heterocycles. The molecule has 0 radical (unpaired) electrons.